The number of carbonyl (C=O) groups is 1. The summed E-state index contributed by atoms with van der Waals surface area (Å²) >= 11 is 0. The van der Waals surface area contributed by atoms with Gasteiger partial charge in [0.1, 0.15) is 0 Å². The zero-order valence-corrected chi connectivity index (χ0v) is 15.0. The molecule has 1 rings (SSSR count). The van der Waals surface area contributed by atoms with E-state index in [-0.39, 0.29) is 76.3 Å². The van der Waals surface area contributed by atoms with Crippen LogP contribution < -0.4 is 68.9 Å². The molecule has 0 bridgehead atoms. The minimum Gasteiger partial charge on any atom is -0.479 e. The van der Waals surface area contributed by atoms with E-state index in [1.54, 1.807) is 24.3 Å². The molecule has 0 fully saturated rings. The number of rotatable bonds is 3. The molecule has 0 heterocycles. The number of ether oxygens (including phenoxy) is 1. The van der Waals surface area contributed by atoms with Gasteiger partial charge in [-0.15, -0.1) is 0 Å². The van der Waals surface area contributed by atoms with Gasteiger partial charge < -0.3 is 17.3 Å². The molecule has 72 valence electrons. The summed E-state index contributed by atoms with van der Waals surface area (Å²) in [6.45, 7) is 0. The van der Waals surface area contributed by atoms with Crippen LogP contribution in [0.3, 0.4) is 0 Å². The summed E-state index contributed by atoms with van der Waals surface area (Å²) in [7, 11) is 1.38. The van der Waals surface area contributed by atoms with Crippen molar-refractivity contribution in [2.75, 3.05) is 7.11 Å². The number of aliphatic carboxylic acids is 1. The van der Waals surface area contributed by atoms with E-state index in [0.717, 1.165) is 0 Å². The second kappa shape index (κ2) is 8.97. The Morgan fingerprint density at radius 2 is 1.86 bits per heavy atom. The summed E-state index contributed by atoms with van der Waals surface area (Å²) in [6, 6.07) is 8.84. The normalized spacial score (nSPS) is 10.6. The minimum atomic E-state index is -0.969. The molecule has 4 heteroatoms. The second-order valence-corrected chi connectivity index (χ2v) is 2.36. The summed E-state index contributed by atoms with van der Waals surface area (Å²) in [6.07, 6.45) is -0.855. The number of carboxylic acid groups (broad SMARTS) is 1. The van der Waals surface area contributed by atoms with Crippen molar-refractivity contribution < 1.29 is 83.5 Å². The first-order valence-corrected chi connectivity index (χ1v) is 3.56. The Morgan fingerprint density at radius 1 is 1.36 bits per heavy atom. The second-order valence-electron chi connectivity index (χ2n) is 2.36. The van der Waals surface area contributed by atoms with E-state index in [4.69, 9.17) is 9.84 Å². The van der Waals surface area contributed by atoms with Crippen molar-refractivity contribution in [3.05, 3.63) is 43.3 Å². The van der Waals surface area contributed by atoms with Crippen molar-refractivity contribution in [1.29, 1.82) is 0 Å². The standard InChI is InChI=1S/C9H10O3.CH3.Cs/c1-12-8(9(10)11)7-5-3-2-4-6-7;;/h2-6,8H,1H3,(H,10,11);1H3;/q;-1;+1. The number of methoxy groups -OCH3 is 1. The number of hydrogen-bond acceptors (Lipinski definition) is 2. The maximum absolute atomic E-state index is 10.6. The zero-order valence-electron chi connectivity index (χ0n) is 8.73. The first kappa shape index (κ1) is 17.1. The molecule has 0 saturated heterocycles. The van der Waals surface area contributed by atoms with Crippen molar-refractivity contribution in [3.63, 3.8) is 0 Å². The third-order valence-electron chi connectivity index (χ3n) is 1.56. The van der Waals surface area contributed by atoms with Crippen molar-refractivity contribution in [2.24, 2.45) is 0 Å². The van der Waals surface area contributed by atoms with Gasteiger partial charge in [0, 0.05) is 7.11 Å². The van der Waals surface area contributed by atoms with Crippen LogP contribution in [-0.2, 0) is 9.53 Å². The molecule has 0 spiro atoms. The van der Waals surface area contributed by atoms with Gasteiger partial charge in [-0.1, -0.05) is 30.3 Å². The summed E-state index contributed by atoms with van der Waals surface area (Å²) < 4.78 is 4.80. The van der Waals surface area contributed by atoms with Crippen molar-refractivity contribution in [1.82, 2.24) is 0 Å². The summed E-state index contributed by atoms with van der Waals surface area (Å²) in [4.78, 5) is 10.6. The minimum absolute atomic E-state index is 0. The van der Waals surface area contributed by atoms with E-state index < -0.39 is 12.1 Å². The van der Waals surface area contributed by atoms with Crippen LogP contribution in [0.4, 0.5) is 0 Å². The molecule has 0 aliphatic heterocycles. The molecule has 0 aromatic heterocycles. The smallest absolute Gasteiger partial charge is 0.479 e. The zero-order chi connectivity index (χ0) is 8.97. The first-order valence-electron chi connectivity index (χ1n) is 3.56. The molecule has 0 amide bonds. The number of carboxylic acids is 1. The SMILES string of the molecule is COC(C(=O)O)c1ccccc1.[CH3-].[Cs+]. The van der Waals surface area contributed by atoms with E-state index in [1.807, 2.05) is 6.07 Å². The van der Waals surface area contributed by atoms with Gasteiger partial charge in [0.05, 0.1) is 0 Å². The van der Waals surface area contributed by atoms with E-state index in [9.17, 15) is 4.79 Å². The average Bonchev–Trinajstić information content (AvgIpc) is 2.07. The van der Waals surface area contributed by atoms with Gasteiger partial charge in [-0.25, -0.2) is 4.79 Å². The van der Waals surface area contributed by atoms with Crippen LogP contribution in [0.1, 0.15) is 11.7 Å². The van der Waals surface area contributed by atoms with Crippen LogP contribution in [0.15, 0.2) is 30.3 Å². The van der Waals surface area contributed by atoms with E-state index in [2.05, 4.69) is 0 Å². The Hall–Kier alpha value is 0.702. The molecule has 1 N–H and O–H groups in total. The van der Waals surface area contributed by atoms with Gasteiger partial charge in [-0.05, 0) is 5.56 Å². The topological polar surface area (TPSA) is 46.5 Å². The Balaban J connectivity index is 0. The largest absolute Gasteiger partial charge is 1.00 e. The van der Waals surface area contributed by atoms with E-state index in [1.165, 1.54) is 7.11 Å². The summed E-state index contributed by atoms with van der Waals surface area (Å²) in [5, 5.41) is 8.70. The van der Waals surface area contributed by atoms with Crippen molar-refractivity contribution in [3.8, 4) is 0 Å². The number of benzene rings is 1. The average molecular weight is 314 g/mol. The summed E-state index contributed by atoms with van der Waals surface area (Å²) in [5.41, 5.74) is 0.660. The molecule has 3 nitrogen and oxygen atoms in total. The Morgan fingerprint density at radius 3 is 2.21 bits per heavy atom. The van der Waals surface area contributed by atoms with Crippen LogP contribution in [0.25, 0.3) is 0 Å². The van der Waals surface area contributed by atoms with Crippen LogP contribution in [0.2, 0.25) is 0 Å². The van der Waals surface area contributed by atoms with Crippen LogP contribution in [0.5, 0.6) is 0 Å². The molecule has 0 aliphatic carbocycles. The fourth-order valence-corrected chi connectivity index (χ4v) is 1.01. The number of hydrogen-bond donors (Lipinski definition) is 1. The summed E-state index contributed by atoms with van der Waals surface area (Å²) in [5.74, 6) is -0.969. The Kier molecular flexibility index (Phi) is 11.0. The van der Waals surface area contributed by atoms with E-state index >= 15 is 0 Å². The third-order valence-corrected chi connectivity index (χ3v) is 1.56. The molecule has 0 radical (unpaired) electrons. The van der Waals surface area contributed by atoms with Crippen LogP contribution in [-0.4, -0.2) is 18.2 Å². The first-order chi connectivity index (χ1) is 5.75. The molecule has 0 aliphatic rings. The molecule has 14 heavy (non-hydrogen) atoms. The van der Waals surface area contributed by atoms with Gasteiger partial charge in [0.15, 0.2) is 6.10 Å². The predicted molar refractivity (Wildman–Crippen MR) is 50.2 cm³/mol. The quantitative estimate of drug-likeness (QED) is 0.722. The van der Waals surface area contributed by atoms with Crippen LogP contribution in [0, 0.1) is 7.43 Å². The van der Waals surface area contributed by atoms with Crippen molar-refractivity contribution >= 4 is 5.97 Å². The monoisotopic (exact) mass is 314 g/mol. The fraction of sp³-hybridized carbons (Fsp3) is 0.200. The fourth-order valence-electron chi connectivity index (χ4n) is 1.01. The van der Waals surface area contributed by atoms with E-state index in [0.29, 0.717) is 5.56 Å². The van der Waals surface area contributed by atoms with Crippen molar-refractivity contribution in [2.45, 2.75) is 6.10 Å². The van der Waals surface area contributed by atoms with Gasteiger partial charge in [0.25, 0.3) is 0 Å². The predicted octanol–water partition coefficient (Wildman–Crippen LogP) is -1.09. The molecule has 1 aromatic rings. The van der Waals surface area contributed by atoms with Crippen LogP contribution >= 0.6 is 0 Å². The molecular weight excluding hydrogens is 301 g/mol. The Bertz CT molecular complexity index is 261. The molecule has 1 atom stereocenters. The van der Waals surface area contributed by atoms with Gasteiger partial charge in [0.2, 0.25) is 0 Å². The molecular formula is C10H13CsO3. The van der Waals surface area contributed by atoms with Gasteiger partial charge in [-0.2, -0.15) is 0 Å². The molecule has 0 saturated carbocycles. The molecule has 1 aromatic carbocycles. The Labute approximate surface area is 143 Å². The maximum Gasteiger partial charge on any atom is 1.00 e. The third kappa shape index (κ3) is 4.97. The molecule has 1 unspecified atom stereocenters. The van der Waals surface area contributed by atoms with Gasteiger partial charge in [-0.3, -0.25) is 0 Å². The maximum atomic E-state index is 10.6. The van der Waals surface area contributed by atoms with Gasteiger partial charge >= 0.3 is 74.9 Å².